The third-order valence-electron chi connectivity index (χ3n) is 4.07. The normalized spacial score (nSPS) is 16.2. The fourth-order valence-corrected chi connectivity index (χ4v) is 2.79. The van der Waals surface area contributed by atoms with Crippen molar-refractivity contribution < 1.29 is 13.8 Å². The topological polar surface area (TPSA) is 101 Å². The molecular weight excluding hydrogens is 324 g/mol. The van der Waals surface area contributed by atoms with E-state index in [0.29, 0.717) is 30.6 Å². The largest absolute Gasteiger partial charge is 0.360 e. The molecule has 136 valence electrons. The number of rotatable bonds is 7. The number of hydrogen-bond acceptors (Lipinski definition) is 8. The number of carbonyl (C=O) groups excluding carboxylic acids is 1. The summed E-state index contributed by atoms with van der Waals surface area (Å²) in [5.41, 5.74) is 0. The fourth-order valence-electron chi connectivity index (χ4n) is 2.79. The molecule has 0 radical (unpaired) electrons. The van der Waals surface area contributed by atoms with Gasteiger partial charge in [0, 0.05) is 38.7 Å². The number of carbonyl (C=O) groups is 1. The van der Waals surface area contributed by atoms with E-state index in [1.165, 1.54) is 0 Å². The van der Waals surface area contributed by atoms with Crippen LogP contribution in [0.25, 0.3) is 0 Å². The highest BCUT2D eigenvalue weighted by Gasteiger charge is 2.21. The van der Waals surface area contributed by atoms with E-state index in [4.69, 9.17) is 9.05 Å². The molecule has 0 spiro atoms. The lowest BCUT2D eigenvalue weighted by molar-refractivity contribution is -0.117. The molecule has 1 aliphatic heterocycles. The highest BCUT2D eigenvalue weighted by atomic mass is 16.5. The van der Waals surface area contributed by atoms with E-state index in [1.54, 1.807) is 13.0 Å². The summed E-state index contributed by atoms with van der Waals surface area (Å²) in [5, 5.41) is 10.5. The van der Waals surface area contributed by atoms with Crippen LogP contribution < -0.4 is 5.32 Å². The first-order valence-electron chi connectivity index (χ1n) is 8.61. The predicted octanol–water partition coefficient (Wildman–Crippen LogP) is 1.07. The van der Waals surface area contributed by atoms with Crippen LogP contribution in [0.4, 0.5) is 5.82 Å². The van der Waals surface area contributed by atoms with Crippen LogP contribution in [0, 0.1) is 6.92 Å². The Labute approximate surface area is 146 Å². The zero-order valence-electron chi connectivity index (χ0n) is 14.7. The van der Waals surface area contributed by atoms with E-state index < -0.39 is 0 Å². The molecule has 1 N–H and O–H groups in total. The minimum atomic E-state index is -0.0807. The smallest absolute Gasteiger partial charge is 0.240 e. The van der Waals surface area contributed by atoms with Crippen molar-refractivity contribution in [1.82, 2.24) is 25.1 Å². The molecule has 3 heterocycles. The number of aryl methyl sites for hydroxylation is 2. The van der Waals surface area contributed by atoms with Crippen molar-refractivity contribution in [2.45, 2.75) is 33.2 Å². The molecule has 0 bridgehead atoms. The molecule has 0 aliphatic carbocycles. The van der Waals surface area contributed by atoms with Crippen LogP contribution in [0.1, 0.15) is 30.8 Å². The van der Waals surface area contributed by atoms with E-state index in [-0.39, 0.29) is 5.91 Å². The van der Waals surface area contributed by atoms with E-state index in [2.05, 4.69) is 37.3 Å². The second kappa shape index (κ2) is 8.21. The van der Waals surface area contributed by atoms with Crippen LogP contribution in [0.5, 0.6) is 0 Å². The minimum absolute atomic E-state index is 0.0807. The number of hydrogen-bond donors (Lipinski definition) is 1. The van der Waals surface area contributed by atoms with Crippen molar-refractivity contribution in [3.8, 4) is 0 Å². The van der Waals surface area contributed by atoms with Gasteiger partial charge in [0.15, 0.2) is 11.6 Å². The van der Waals surface area contributed by atoms with Crippen LogP contribution in [0.15, 0.2) is 15.1 Å². The molecule has 2 aromatic rings. The van der Waals surface area contributed by atoms with Gasteiger partial charge in [0.1, 0.15) is 5.76 Å². The van der Waals surface area contributed by atoms with Crippen LogP contribution in [0.3, 0.4) is 0 Å². The lowest BCUT2D eigenvalue weighted by Gasteiger charge is -2.33. The summed E-state index contributed by atoms with van der Waals surface area (Å²) in [6, 6.07) is 1.70. The summed E-state index contributed by atoms with van der Waals surface area (Å²) < 4.78 is 10.2. The van der Waals surface area contributed by atoms with Crippen molar-refractivity contribution in [3.05, 3.63) is 23.5 Å². The first-order valence-corrected chi connectivity index (χ1v) is 8.61. The molecule has 1 amide bonds. The number of nitrogens with one attached hydrogen (secondary N) is 1. The van der Waals surface area contributed by atoms with Crippen molar-refractivity contribution >= 4 is 11.7 Å². The Morgan fingerprint density at radius 1 is 1.20 bits per heavy atom. The van der Waals surface area contributed by atoms with E-state index in [0.717, 1.165) is 44.8 Å². The van der Waals surface area contributed by atoms with Crippen LogP contribution >= 0.6 is 0 Å². The molecule has 3 rings (SSSR count). The lowest BCUT2D eigenvalue weighted by atomic mass is 10.3. The zero-order valence-corrected chi connectivity index (χ0v) is 14.7. The third-order valence-corrected chi connectivity index (χ3v) is 4.07. The molecule has 0 saturated carbocycles. The van der Waals surface area contributed by atoms with E-state index in [1.807, 2.05) is 0 Å². The molecule has 1 fully saturated rings. The minimum Gasteiger partial charge on any atom is -0.360 e. The Bertz CT molecular complexity index is 690. The monoisotopic (exact) mass is 348 g/mol. The van der Waals surface area contributed by atoms with Gasteiger partial charge in [0.05, 0.1) is 13.1 Å². The van der Waals surface area contributed by atoms with Gasteiger partial charge in [-0.15, -0.1) is 0 Å². The first-order chi connectivity index (χ1) is 12.1. The molecule has 1 saturated heterocycles. The highest BCUT2D eigenvalue weighted by molar-refractivity contribution is 5.91. The third kappa shape index (κ3) is 5.10. The summed E-state index contributed by atoms with van der Waals surface area (Å²) in [4.78, 5) is 20.8. The van der Waals surface area contributed by atoms with Gasteiger partial charge in [0.25, 0.3) is 0 Å². The van der Waals surface area contributed by atoms with Crippen LogP contribution in [-0.2, 0) is 17.8 Å². The second-order valence-electron chi connectivity index (χ2n) is 6.28. The Balaban J connectivity index is 1.39. The standard InChI is InChI=1S/C16H24N6O3/c1-3-4-13-18-16(25-19-13)11-22-7-5-21(6-8-22)10-15(23)17-14-9-12(2)24-20-14/h9H,3-8,10-11H2,1-2H3,(H,17,20,23). The van der Waals surface area contributed by atoms with E-state index >= 15 is 0 Å². The molecule has 25 heavy (non-hydrogen) atoms. The number of nitrogens with zero attached hydrogens (tertiary/aromatic N) is 5. The van der Waals surface area contributed by atoms with Gasteiger partial charge in [-0.3, -0.25) is 14.6 Å². The van der Waals surface area contributed by atoms with Crippen molar-refractivity contribution in [3.63, 3.8) is 0 Å². The molecule has 1 aliphatic rings. The average molecular weight is 348 g/mol. The van der Waals surface area contributed by atoms with Crippen molar-refractivity contribution in [2.24, 2.45) is 0 Å². The Kier molecular flexibility index (Phi) is 5.77. The summed E-state index contributed by atoms with van der Waals surface area (Å²) in [6.07, 6.45) is 1.85. The maximum absolute atomic E-state index is 12.0. The maximum Gasteiger partial charge on any atom is 0.240 e. The molecule has 9 nitrogen and oxygen atoms in total. The second-order valence-corrected chi connectivity index (χ2v) is 6.28. The fraction of sp³-hybridized carbons (Fsp3) is 0.625. The summed E-state index contributed by atoms with van der Waals surface area (Å²) >= 11 is 0. The summed E-state index contributed by atoms with van der Waals surface area (Å²) in [6.45, 7) is 8.26. The van der Waals surface area contributed by atoms with Gasteiger partial charge in [0.2, 0.25) is 11.8 Å². The lowest BCUT2D eigenvalue weighted by Crippen LogP contribution is -2.48. The molecule has 0 unspecified atom stereocenters. The number of piperazine rings is 1. The predicted molar refractivity (Wildman–Crippen MR) is 89.9 cm³/mol. The van der Waals surface area contributed by atoms with E-state index in [9.17, 15) is 4.79 Å². The van der Waals surface area contributed by atoms with Gasteiger partial charge in [-0.05, 0) is 13.3 Å². The molecular formula is C16H24N6O3. The molecule has 2 aromatic heterocycles. The highest BCUT2D eigenvalue weighted by Crippen LogP contribution is 2.10. The van der Waals surface area contributed by atoms with Gasteiger partial charge in [-0.2, -0.15) is 4.98 Å². The molecule has 0 atom stereocenters. The quantitative estimate of drug-likeness (QED) is 0.793. The maximum atomic E-state index is 12.0. The molecule has 9 heteroatoms. The Morgan fingerprint density at radius 2 is 1.96 bits per heavy atom. The molecule has 0 aromatic carbocycles. The number of amides is 1. The SMILES string of the molecule is CCCc1noc(CN2CCN(CC(=O)Nc3cc(C)on3)CC2)n1. The number of aromatic nitrogens is 3. The van der Waals surface area contributed by atoms with Gasteiger partial charge in [-0.25, -0.2) is 0 Å². The van der Waals surface area contributed by atoms with Gasteiger partial charge >= 0.3 is 0 Å². The number of anilines is 1. The van der Waals surface area contributed by atoms with Crippen molar-refractivity contribution in [2.75, 3.05) is 38.0 Å². The Morgan fingerprint density at radius 3 is 2.64 bits per heavy atom. The summed E-state index contributed by atoms with van der Waals surface area (Å²) in [7, 11) is 0. The first kappa shape index (κ1) is 17.6. The summed E-state index contributed by atoms with van der Waals surface area (Å²) in [5.74, 6) is 2.49. The van der Waals surface area contributed by atoms with Gasteiger partial charge in [-0.1, -0.05) is 17.2 Å². The van der Waals surface area contributed by atoms with Crippen molar-refractivity contribution in [1.29, 1.82) is 0 Å². The Hall–Kier alpha value is -2.26. The van der Waals surface area contributed by atoms with Crippen LogP contribution in [0.2, 0.25) is 0 Å². The van der Waals surface area contributed by atoms with Crippen LogP contribution in [-0.4, -0.2) is 63.7 Å². The average Bonchev–Trinajstić information content (AvgIpc) is 3.19. The van der Waals surface area contributed by atoms with Gasteiger partial charge < -0.3 is 14.4 Å². The zero-order chi connectivity index (χ0) is 17.6.